The van der Waals surface area contributed by atoms with Gasteiger partial charge >= 0.3 is 0 Å². The first-order chi connectivity index (χ1) is 9.14. The van der Waals surface area contributed by atoms with E-state index >= 15 is 0 Å². The Bertz CT molecular complexity index is 392. The minimum absolute atomic E-state index is 0.288. The number of piperazine rings is 1. The van der Waals surface area contributed by atoms with E-state index in [-0.39, 0.29) is 5.54 Å². The molecule has 1 fully saturated rings. The largest absolute Gasteiger partial charge is 0.366 e. The molecule has 1 aliphatic heterocycles. The van der Waals surface area contributed by atoms with Crippen LogP contribution in [0.5, 0.6) is 0 Å². The van der Waals surface area contributed by atoms with Gasteiger partial charge in [-0.2, -0.15) is 0 Å². The van der Waals surface area contributed by atoms with Gasteiger partial charge in [0.25, 0.3) is 0 Å². The highest BCUT2D eigenvalue weighted by Gasteiger charge is 2.34. The fraction of sp³-hybridized carbons (Fsp3) is 0.647. The second-order valence-electron chi connectivity index (χ2n) is 5.87. The number of hydrogen-bond donors (Lipinski definition) is 1. The Labute approximate surface area is 118 Å². The number of rotatable bonds is 4. The zero-order valence-electron chi connectivity index (χ0n) is 12.9. The smallest absolute Gasteiger partial charge is 0.0387 e. The SMILES string of the molecule is CCc1ccc(N2CC(CC)(CC)NCC2C)cc1. The average molecular weight is 260 g/mol. The Balaban J connectivity index is 2.20. The van der Waals surface area contributed by atoms with Gasteiger partial charge in [-0.3, -0.25) is 0 Å². The maximum absolute atomic E-state index is 3.76. The molecule has 1 aromatic rings. The van der Waals surface area contributed by atoms with Crippen molar-refractivity contribution < 1.29 is 0 Å². The van der Waals surface area contributed by atoms with Crippen LogP contribution in [0.15, 0.2) is 24.3 Å². The molecule has 1 heterocycles. The van der Waals surface area contributed by atoms with Gasteiger partial charge in [0, 0.05) is 30.4 Å². The van der Waals surface area contributed by atoms with Gasteiger partial charge in [0.05, 0.1) is 0 Å². The molecule has 0 saturated carbocycles. The second-order valence-corrected chi connectivity index (χ2v) is 5.87. The zero-order valence-corrected chi connectivity index (χ0v) is 12.9. The predicted octanol–water partition coefficient (Wildman–Crippen LogP) is 3.61. The standard InChI is InChI=1S/C17H28N2/c1-5-15-8-10-16(11-9-15)19-13-17(6-2,7-3)18-12-14(19)4/h8-11,14,18H,5-7,12-13H2,1-4H3. The minimum Gasteiger partial charge on any atom is -0.366 e. The summed E-state index contributed by atoms with van der Waals surface area (Å²) in [5, 5.41) is 3.76. The summed E-state index contributed by atoms with van der Waals surface area (Å²) in [5.41, 5.74) is 3.08. The van der Waals surface area contributed by atoms with Crippen LogP contribution < -0.4 is 10.2 Å². The first-order valence-electron chi connectivity index (χ1n) is 7.74. The zero-order chi connectivity index (χ0) is 13.9. The number of hydrogen-bond acceptors (Lipinski definition) is 2. The highest BCUT2D eigenvalue weighted by molar-refractivity contribution is 5.49. The Hall–Kier alpha value is -1.02. The normalized spacial score (nSPS) is 22.5. The summed E-state index contributed by atoms with van der Waals surface area (Å²) in [4.78, 5) is 2.57. The summed E-state index contributed by atoms with van der Waals surface area (Å²) in [5.74, 6) is 0. The van der Waals surface area contributed by atoms with Crippen LogP contribution in [-0.4, -0.2) is 24.7 Å². The van der Waals surface area contributed by atoms with E-state index < -0.39 is 0 Å². The van der Waals surface area contributed by atoms with Crippen LogP contribution in [0, 0.1) is 0 Å². The Morgan fingerprint density at radius 3 is 2.32 bits per heavy atom. The third kappa shape index (κ3) is 2.94. The van der Waals surface area contributed by atoms with Crippen molar-refractivity contribution in [2.24, 2.45) is 0 Å². The second kappa shape index (κ2) is 5.96. The quantitative estimate of drug-likeness (QED) is 0.889. The van der Waals surface area contributed by atoms with Crippen LogP contribution in [0.25, 0.3) is 0 Å². The van der Waals surface area contributed by atoms with Gasteiger partial charge in [0.2, 0.25) is 0 Å². The van der Waals surface area contributed by atoms with Gasteiger partial charge < -0.3 is 10.2 Å². The van der Waals surface area contributed by atoms with Crippen molar-refractivity contribution >= 4 is 5.69 Å². The lowest BCUT2D eigenvalue weighted by atomic mass is 9.88. The van der Waals surface area contributed by atoms with Gasteiger partial charge in [-0.1, -0.05) is 32.9 Å². The van der Waals surface area contributed by atoms with Gasteiger partial charge in [-0.25, -0.2) is 0 Å². The van der Waals surface area contributed by atoms with Gasteiger partial charge in [-0.05, 0) is 43.9 Å². The number of benzene rings is 1. The van der Waals surface area contributed by atoms with E-state index in [9.17, 15) is 0 Å². The molecule has 0 spiro atoms. The number of aryl methyl sites for hydroxylation is 1. The number of anilines is 1. The number of nitrogens with zero attached hydrogens (tertiary/aromatic N) is 1. The summed E-state index contributed by atoms with van der Waals surface area (Å²) < 4.78 is 0. The van der Waals surface area contributed by atoms with Gasteiger partial charge in [0.15, 0.2) is 0 Å². The van der Waals surface area contributed by atoms with E-state index in [4.69, 9.17) is 0 Å². The van der Waals surface area contributed by atoms with Crippen LogP contribution >= 0.6 is 0 Å². The summed E-state index contributed by atoms with van der Waals surface area (Å²) in [6.07, 6.45) is 3.50. The molecule has 2 nitrogen and oxygen atoms in total. The molecular formula is C17H28N2. The maximum Gasteiger partial charge on any atom is 0.0387 e. The predicted molar refractivity (Wildman–Crippen MR) is 83.9 cm³/mol. The van der Waals surface area contributed by atoms with E-state index in [0.717, 1.165) is 19.5 Å². The average Bonchev–Trinajstić information content (AvgIpc) is 2.48. The molecule has 1 atom stereocenters. The van der Waals surface area contributed by atoms with Gasteiger partial charge in [-0.15, -0.1) is 0 Å². The lowest BCUT2D eigenvalue weighted by Crippen LogP contribution is -2.63. The van der Waals surface area contributed by atoms with Crippen molar-refractivity contribution in [3.63, 3.8) is 0 Å². The lowest BCUT2D eigenvalue weighted by molar-refractivity contribution is 0.254. The molecule has 2 heteroatoms. The van der Waals surface area contributed by atoms with Crippen molar-refractivity contribution in [3.05, 3.63) is 29.8 Å². The summed E-state index contributed by atoms with van der Waals surface area (Å²) in [6.45, 7) is 11.3. The summed E-state index contributed by atoms with van der Waals surface area (Å²) in [6, 6.07) is 9.68. The number of nitrogens with one attached hydrogen (secondary N) is 1. The highest BCUT2D eigenvalue weighted by Crippen LogP contribution is 2.27. The van der Waals surface area contributed by atoms with E-state index in [2.05, 4.69) is 62.2 Å². The molecule has 0 amide bonds. The van der Waals surface area contributed by atoms with Crippen LogP contribution in [-0.2, 0) is 6.42 Å². The van der Waals surface area contributed by atoms with Crippen LogP contribution in [0.4, 0.5) is 5.69 Å². The van der Waals surface area contributed by atoms with Crippen molar-refractivity contribution in [1.82, 2.24) is 5.32 Å². The van der Waals surface area contributed by atoms with Crippen molar-refractivity contribution in [2.75, 3.05) is 18.0 Å². The van der Waals surface area contributed by atoms with E-state index in [1.54, 1.807) is 0 Å². The molecule has 0 bridgehead atoms. The minimum atomic E-state index is 0.288. The van der Waals surface area contributed by atoms with Gasteiger partial charge in [0.1, 0.15) is 0 Å². The summed E-state index contributed by atoms with van der Waals surface area (Å²) in [7, 11) is 0. The van der Waals surface area contributed by atoms with Crippen molar-refractivity contribution in [3.8, 4) is 0 Å². The first kappa shape index (κ1) is 14.4. The van der Waals surface area contributed by atoms with E-state index in [0.29, 0.717) is 6.04 Å². The maximum atomic E-state index is 3.76. The molecule has 2 rings (SSSR count). The fourth-order valence-corrected chi connectivity index (χ4v) is 3.00. The van der Waals surface area contributed by atoms with Crippen molar-refractivity contribution in [1.29, 1.82) is 0 Å². The molecule has 1 N–H and O–H groups in total. The topological polar surface area (TPSA) is 15.3 Å². The fourth-order valence-electron chi connectivity index (χ4n) is 3.00. The highest BCUT2D eigenvalue weighted by atomic mass is 15.3. The third-order valence-corrected chi connectivity index (χ3v) is 4.81. The Morgan fingerprint density at radius 2 is 1.79 bits per heavy atom. The summed E-state index contributed by atoms with van der Waals surface area (Å²) >= 11 is 0. The first-order valence-corrected chi connectivity index (χ1v) is 7.74. The van der Waals surface area contributed by atoms with Crippen LogP contribution in [0.3, 0.4) is 0 Å². The molecule has 0 radical (unpaired) electrons. The molecule has 1 aromatic carbocycles. The molecular weight excluding hydrogens is 232 g/mol. The monoisotopic (exact) mass is 260 g/mol. The van der Waals surface area contributed by atoms with E-state index in [1.165, 1.54) is 24.1 Å². The van der Waals surface area contributed by atoms with Crippen LogP contribution in [0.1, 0.15) is 46.1 Å². The molecule has 106 valence electrons. The third-order valence-electron chi connectivity index (χ3n) is 4.81. The molecule has 19 heavy (non-hydrogen) atoms. The molecule has 0 aromatic heterocycles. The molecule has 1 unspecified atom stereocenters. The molecule has 1 saturated heterocycles. The lowest BCUT2D eigenvalue weighted by Gasteiger charge is -2.47. The molecule has 1 aliphatic rings. The molecule has 0 aliphatic carbocycles. The van der Waals surface area contributed by atoms with Crippen molar-refractivity contribution in [2.45, 2.75) is 58.5 Å². The van der Waals surface area contributed by atoms with Crippen LogP contribution in [0.2, 0.25) is 0 Å². The Kier molecular flexibility index (Phi) is 4.51. The Morgan fingerprint density at radius 1 is 1.16 bits per heavy atom. The van der Waals surface area contributed by atoms with E-state index in [1.807, 2.05) is 0 Å².